The van der Waals surface area contributed by atoms with Crippen molar-refractivity contribution < 1.29 is 9.22 Å². The minimum atomic E-state index is -1.82. The van der Waals surface area contributed by atoms with Crippen LogP contribution in [0.1, 0.15) is 24.5 Å². The maximum Gasteiger partial charge on any atom is 0.470 e. The molecule has 0 aliphatic rings. The molecule has 22 heavy (non-hydrogen) atoms. The van der Waals surface area contributed by atoms with Crippen molar-refractivity contribution in [2.45, 2.75) is 13.3 Å². The molecule has 0 aliphatic heterocycles. The summed E-state index contributed by atoms with van der Waals surface area (Å²) in [6, 6.07) is 19.2. The van der Waals surface area contributed by atoms with Gasteiger partial charge in [-0.2, -0.15) is 0 Å². The standard InChI is InChI=1S/C19H15O2Si/c1-2-19(20)21-22(15-13-17-9-5-3-6-10-17)16-14-18-11-7-4-8-12-18/h3-12H,2H2,1H3. The summed E-state index contributed by atoms with van der Waals surface area (Å²) < 4.78 is 5.36. The molecule has 0 unspecified atom stereocenters. The Kier molecular flexibility index (Phi) is 6.05. The van der Waals surface area contributed by atoms with E-state index in [1.165, 1.54) is 0 Å². The Hall–Kier alpha value is -2.75. The van der Waals surface area contributed by atoms with Crippen molar-refractivity contribution in [3.63, 3.8) is 0 Å². The molecule has 2 aromatic rings. The summed E-state index contributed by atoms with van der Waals surface area (Å²) in [5, 5.41) is 0. The minimum absolute atomic E-state index is 0.265. The second kappa shape index (κ2) is 8.52. The average molecular weight is 303 g/mol. The van der Waals surface area contributed by atoms with Crippen LogP contribution in [-0.2, 0) is 9.22 Å². The molecule has 0 saturated carbocycles. The lowest BCUT2D eigenvalue weighted by Gasteiger charge is -2.01. The van der Waals surface area contributed by atoms with Crippen molar-refractivity contribution in [2.24, 2.45) is 0 Å². The molecular formula is C19H15O2Si. The van der Waals surface area contributed by atoms with E-state index in [4.69, 9.17) is 4.43 Å². The van der Waals surface area contributed by atoms with Gasteiger partial charge in [0, 0.05) is 17.5 Å². The molecule has 0 bridgehead atoms. The molecule has 0 aliphatic carbocycles. The number of carbonyl (C=O) groups excluding carboxylic acids is 1. The van der Waals surface area contributed by atoms with Crippen molar-refractivity contribution in [2.75, 3.05) is 0 Å². The van der Waals surface area contributed by atoms with E-state index in [0.29, 0.717) is 6.42 Å². The second-order valence-electron chi connectivity index (χ2n) is 4.39. The van der Waals surface area contributed by atoms with Crippen LogP contribution in [-0.4, -0.2) is 15.0 Å². The van der Waals surface area contributed by atoms with Gasteiger partial charge in [0.05, 0.1) is 0 Å². The molecule has 3 heteroatoms. The lowest BCUT2D eigenvalue weighted by molar-refractivity contribution is -0.134. The fraction of sp³-hybridized carbons (Fsp3) is 0.105. The summed E-state index contributed by atoms with van der Waals surface area (Å²) in [6.45, 7) is 1.76. The third-order valence-corrected chi connectivity index (χ3v) is 3.83. The highest BCUT2D eigenvalue weighted by atomic mass is 28.3. The molecule has 107 valence electrons. The Balaban J connectivity index is 2.19. The molecule has 2 nitrogen and oxygen atoms in total. The Morgan fingerprint density at radius 2 is 1.36 bits per heavy atom. The summed E-state index contributed by atoms with van der Waals surface area (Å²) in [5.74, 6) is 5.79. The van der Waals surface area contributed by atoms with Crippen LogP contribution in [0.3, 0.4) is 0 Å². The smallest absolute Gasteiger partial charge is 0.470 e. The van der Waals surface area contributed by atoms with Crippen molar-refractivity contribution in [1.82, 2.24) is 0 Å². The summed E-state index contributed by atoms with van der Waals surface area (Å²) >= 11 is 0. The van der Waals surface area contributed by atoms with Gasteiger partial charge in [-0.1, -0.05) is 66.3 Å². The molecule has 0 N–H and O–H groups in total. The first-order valence-corrected chi connectivity index (χ1v) is 8.40. The monoisotopic (exact) mass is 303 g/mol. The summed E-state index contributed by atoms with van der Waals surface area (Å²) in [4.78, 5) is 11.5. The highest BCUT2D eigenvalue weighted by Gasteiger charge is 2.12. The zero-order valence-corrected chi connectivity index (χ0v) is 13.3. The van der Waals surface area contributed by atoms with Gasteiger partial charge in [-0.05, 0) is 24.3 Å². The number of benzene rings is 2. The highest BCUT2D eigenvalue weighted by molar-refractivity contribution is 6.71. The molecule has 1 radical (unpaired) electrons. The predicted octanol–water partition coefficient (Wildman–Crippen LogP) is 3.11. The zero-order chi connectivity index (χ0) is 15.6. The first kappa shape index (κ1) is 15.6. The molecular weight excluding hydrogens is 288 g/mol. The summed E-state index contributed by atoms with van der Waals surface area (Å²) in [5.41, 5.74) is 7.79. The Labute approximate surface area is 132 Å². The van der Waals surface area contributed by atoms with Gasteiger partial charge in [0.15, 0.2) is 0 Å². The van der Waals surface area contributed by atoms with Gasteiger partial charge >= 0.3 is 9.04 Å². The van der Waals surface area contributed by atoms with Crippen molar-refractivity contribution >= 4 is 15.0 Å². The van der Waals surface area contributed by atoms with Gasteiger partial charge in [-0.15, -0.1) is 0 Å². The van der Waals surface area contributed by atoms with Gasteiger partial charge in [0.2, 0.25) is 0 Å². The van der Waals surface area contributed by atoms with Gasteiger partial charge < -0.3 is 4.43 Å². The van der Waals surface area contributed by atoms with Crippen LogP contribution in [0.15, 0.2) is 60.7 Å². The molecule has 0 heterocycles. The van der Waals surface area contributed by atoms with E-state index in [1.54, 1.807) is 6.92 Å². The number of hydrogen-bond donors (Lipinski definition) is 0. The van der Waals surface area contributed by atoms with Crippen LogP contribution in [0.2, 0.25) is 0 Å². The maximum atomic E-state index is 11.5. The number of rotatable bonds is 2. The fourth-order valence-electron chi connectivity index (χ4n) is 1.57. The normalized spacial score (nSPS) is 9.18. The first-order chi connectivity index (χ1) is 10.8. The van der Waals surface area contributed by atoms with Crippen LogP contribution in [0.25, 0.3) is 0 Å². The number of carbonyl (C=O) groups is 1. The molecule has 0 aromatic heterocycles. The molecule has 0 spiro atoms. The van der Waals surface area contributed by atoms with Gasteiger partial charge in [0.1, 0.15) is 0 Å². The van der Waals surface area contributed by atoms with E-state index in [0.717, 1.165) is 11.1 Å². The fourth-order valence-corrected chi connectivity index (χ4v) is 2.62. The van der Waals surface area contributed by atoms with Gasteiger partial charge in [0.25, 0.3) is 5.97 Å². The van der Waals surface area contributed by atoms with Crippen LogP contribution < -0.4 is 0 Å². The molecule has 0 amide bonds. The van der Waals surface area contributed by atoms with E-state index < -0.39 is 9.04 Å². The van der Waals surface area contributed by atoms with Crippen LogP contribution >= 0.6 is 0 Å². The molecule has 2 aromatic carbocycles. The minimum Gasteiger partial charge on any atom is -0.494 e. The quantitative estimate of drug-likeness (QED) is 0.629. The third-order valence-electron chi connectivity index (χ3n) is 2.69. The van der Waals surface area contributed by atoms with E-state index in [-0.39, 0.29) is 5.97 Å². The lowest BCUT2D eigenvalue weighted by atomic mass is 10.2. The summed E-state index contributed by atoms with van der Waals surface area (Å²) in [7, 11) is -1.82. The Morgan fingerprint density at radius 3 is 1.77 bits per heavy atom. The van der Waals surface area contributed by atoms with Crippen molar-refractivity contribution in [1.29, 1.82) is 0 Å². The van der Waals surface area contributed by atoms with E-state index in [2.05, 4.69) is 22.9 Å². The van der Waals surface area contributed by atoms with Crippen LogP contribution in [0.4, 0.5) is 0 Å². The van der Waals surface area contributed by atoms with Gasteiger partial charge in [-0.3, -0.25) is 4.79 Å². The molecule has 0 saturated heterocycles. The van der Waals surface area contributed by atoms with E-state index in [9.17, 15) is 4.79 Å². The van der Waals surface area contributed by atoms with Crippen molar-refractivity contribution in [3.8, 4) is 22.9 Å². The first-order valence-electron chi connectivity index (χ1n) is 6.99. The Morgan fingerprint density at radius 1 is 0.909 bits per heavy atom. The molecule has 0 fully saturated rings. The SMILES string of the molecule is CCC(=O)O[Si](C#Cc1ccccc1)C#Cc1ccccc1. The molecule has 2 rings (SSSR count). The topological polar surface area (TPSA) is 26.3 Å². The van der Waals surface area contributed by atoms with Crippen LogP contribution in [0, 0.1) is 22.9 Å². The zero-order valence-electron chi connectivity index (χ0n) is 12.3. The van der Waals surface area contributed by atoms with Crippen LogP contribution in [0.5, 0.6) is 0 Å². The van der Waals surface area contributed by atoms with Gasteiger partial charge in [-0.25, -0.2) is 0 Å². The third kappa shape index (κ3) is 5.32. The highest BCUT2D eigenvalue weighted by Crippen LogP contribution is 1.98. The second-order valence-corrected chi connectivity index (χ2v) is 5.75. The summed E-state index contributed by atoms with van der Waals surface area (Å²) in [6.07, 6.45) is 0.328. The number of hydrogen-bond acceptors (Lipinski definition) is 2. The van der Waals surface area contributed by atoms with E-state index in [1.807, 2.05) is 60.7 Å². The largest absolute Gasteiger partial charge is 0.494 e. The Bertz CT molecular complexity index is 673. The van der Waals surface area contributed by atoms with E-state index >= 15 is 0 Å². The maximum absolute atomic E-state index is 11.5. The van der Waals surface area contributed by atoms with Crippen molar-refractivity contribution in [3.05, 3.63) is 71.8 Å². The average Bonchev–Trinajstić information content (AvgIpc) is 2.59. The molecule has 0 atom stereocenters. The lowest BCUT2D eigenvalue weighted by Crippen LogP contribution is -2.19. The predicted molar refractivity (Wildman–Crippen MR) is 88.8 cm³/mol.